The number of methoxy groups -OCH3 is 1. The predicted molar refractivity (Wildman–Crippen MR) is 68.2 cm³/mol. The summed E-state index contributed by atoms with van der Waals surface area (Å²) in [4.78, 5) is 0. The molecule has 0 aliphatic carbocycles. The molecule has 0 bridgehead atoms. The van der Waals surface area contributed by atoms with Gasteiger partial charge in [0.2, 0.25) is 0 Å². The van der Waals surface area contributed by atoms with E-state index in [2.05, 4.69) is 15.7 Å². The van der Waals surface area contributed by atoms with Crippen molar-refractivity contribution in [3.63, 3.8) is 0 Å². The lowest BCUT2D eigenvalue weighted by molar-refractivity contribution is 0.183. The van der Waals surface area contributed by atoms with E-state index in [-0.39, 0.29) is 0 Å². The van der Waals surface area contributed by atoms with Gasteiger partial charge in [0, 0.05) is 25.9 Å². The van der Waals surface area contributed by atoms with Crippen molar-refractivity contribution in [2.45, 2.75) is 31.8 Å². The Labute approximate surface area is 103 Å². The highest BCUT2D eigenvalue weighted by Gasteiger charge is 2.11. The number of nitrogens with zero attached hydrogens (tertiary/aromatic N) is 2. The lowest BCUT2D eigenvalue weighted by atomic mass is 10.1. The number of nitrogens with one attached hydrogen (secondary N) is 2. The molecule has 2 heterocycles. The summed E-state index contributed by atoms with van der Waals surface area (Å²) in [6, 6.07) is 0.603. The first-order chi connectivity index (χ1) is 8.38. The van der Waals surface area contributed by atoms with Crippen molar-refractivity contribution in [1.29, 1.82) is 0 Å². The first-order valence-electron chi connectivity index (χ1n) is 6.37. The van der Waals surface area contributed by atoms with Crippen LogP contribution in [0, 0.1) is 0 Å². The Bertz CT molecular complexity index is 320. The third kappa shape index (κ3) is 4.02. The molecule has 5 heteroatoms. The Morgan fingerprint density at radius 3 is 3.29 bits per heavy atom. The van der Waals surface area contributed by atoms with E-state index in [1.807, 2.05) is 17.1 Å². The summed E-state index contributed by atoms with van der Waals surface area (Å²) < 4.78 is 6.92. The summed E-state index contributed by atoms with van der Waals surface area (Å²) in [5.74, 6) is 0. The predicted octanol–water partition coefficient (Wildman–Crippen LogP) is 1.08. The minimum atomic E-state index is 0.603. The van der Waals surface area contributed by atoms with Gasteiger partial charge in [-0.3, -0.25) is 4.68 Å². The highest BCUT2D eigenvalue weighted by Crippen LogP contribution is 2.09. The molecule has 2 N–H and O–H groups in total. The van der Waals surface area contributed by atoms with E-state index in [4.69, 9.17) is 4.74 Å². The maximum Gasteiger partial charge on any atom is 0.0727 e. The fourth-order valence-corrected chi connectivity index (χ4v) is 2.10. The van der Waals surface area contributed by atoms with Crippen LogP contribution < -0.4 is 10.6 Å². The van der Waals surface area contributed by atoms with Crippen LogP contribution >= 0.6 is 0 Å². The molecular formula is C12H22N4O. The van der Waals surface area contributed by atoms with Crippen LogP contribution in [0.1, 0.15) is 19.3 Å². The summed E-state index contributed by atoms with van der Waals surface area (Å²) >= 11 is 0. The fraction of sp³-hybridized carbons (Fsp3) is 0.750. The van der Waals surface area contributed by atoms with E-state index in [1.165, 1.54) is 19.3 Å². The Balaban J connectivity index is 1.72. The molecule has 0 spiro atoms. The Morgan fingerprint density at radius 1 is 1.59 bits per heavy atom. The zero-order chi connectivity index (χ0) is 11.9. The molecule has 0 amide bonds. The van der Waals surface area contributed by atoms with Gasteiger partial charge in [-0.2, -0.15) is 5.10 Å². The zero-order valence-electron chi connectivity index (χ0n) is 10.5. The Hall–Kier alpha value is -1.07. The lowest BCUT2D eigenvalue weighted by Gasteiger charge is -2.23. The highest BCUT2D eigenvalue weighted by molar-refractivity contribution is 5.38. The number of ether oxygens (including phenoxy) is 1. The summed E-state index contributed by atoms with van der Waals surface area (Å²) in [5, 5.41) is 11.2. The second kappa shape index (κ2) is 6.61. The molecule has 0 saturated carbocycles. The SMILES string of the molecule is COCCn1cc(NCC2CCCCN2)cn1. The van der Waals surface area contributed by atoms with Gasteiger partial charge in [-0.25, -0.2) is 0 Å². The van der Waals surface area contributed by atoms with Gasteiger partial charge in [-0.05, 0) is 19.4 Å². The van der Waals surface area contributed by atoms with E-state index in [0.29, 0.717) is 12.6 Å². The highest BCUT2D eigenvalue weighted by atomic mass is 16.5. The van der Waals surface area contributed by atoms with E-state index in [0.717, 1.165) is 25.3 Å². The number of anilines is 1. The van der Waals surface area contributed by atoms with Crippen molar-refractivity contribution >= 4 is 5.69 Å². The summed E-state index contributed by atoms with van der Waals surface area (Å²) in [6.07, 6.45) is 7.82. The maximum atomic E-state index is 5.02. The monoisotopic (exact) mass is 238 g/mol. The van der Waals surface area contributed by atoms with Gasteiger partial charge in [-0.15, -0.1) is 0 Å². The van der Waals surface area contributed by atoms with Crippen LogP contribution in [0.15, 0.2) is 12.4 Å². The average molecular weight is 238 g/mol. The molecule has 1 aliphatic heterocycles. The van der Waals surface area contributed by atoms with Crippen LogP contribution in [-0.2, 0) is 11.3 Å². The molecule has 1 saturated heterocycles. The van der Waals surface area contributed by atoms with Gasteiger partial charge in [0.25, 0.3) is 0 Å². The smallest absolute Gasteiger partial charge is 0.0727 e. The van der Waals surface area contributed by atoms with Crippen LogP contribution in [0.2, 0.25) is 0 Å². The van der Waals surface area contributed by atoms with Crippen LogP contribution in [0.3, 0.4) is 0 Å². The third-order valence-corrected chi connectivity index (χ3v) is 3.12. The van der Waals surface area contributed by atoms with Crippen molar-refractivity contribution in [1.82, 2.24) is 15.1 Å². The average Bonchev–Trinajstić information content (AvgIpc) is 2.83. The van der Waals surface area contributed by atoms with Gasteiger partial charge in [0.05, 0.1) is 25.0 Å². The molecule has 5 nitrogen and oxygen atoms in total. The molecule has 0 radical (unpaired) electrons. The maximum absolute atomic E-state index is 5.02. The molecule has 1 aromatic rings. The molecule has 17 heavy (non-hydrogen) atoms. The topological polar surface area (TPSA) is 51.1 Å². The summed E-state index contributed by atoms with van der Waals surface area (Å²) in [6.45, 7) is 3.64. The molecule has 1 fully saturated rings. The van der Waals surface area contributed by atoms with Crippen molar-refractivity contribution in [2.75, 3.05) is 32.1 Å². The molecule has 96 valence electrons. The van der Waals surface area contributed by atoms with Gasteiger partial charge in [0.1, 0.15) is 0 Å². The third-order valence-electron chi connectivity index (χ3n) is 3.12. The number of piperidine rings is 1. The summed E-state index contributed by atoms with van der Waals surface area (Å²) in [7, 11) is 1.71. The van der Waals surface area contributed by atoms with Crippen LogP contribution in [0.5, 0.6) is 0 Å². The molecule has 2 rings (SSSR count). The Kier molecular flexibility index (Phi) is 4.82. The summed E-state index contributed by atoms with van der Waals surface area (Å²) in [5.41, 5.74) is 1.09. The van der Waals surface area contributed by atoms with Crippen LogP contribution in [0.25, 0.3) is 0 Å². The van der Waals surface area contributed by atoms with Crippen LogP contribution in [-0.4, -0.2) is 42.6 Å². The van der Waals surface area contributed by atoms with Crippen LogP contribution in [0.4, 0.5) is 5.69 Å². The number of hydrogen-bond acceptors (Lipinski definition) is 4. The van der Waals surface area contributed by atoms with E-state index >= 15 is 0 Å². The van der Waals surface area contributed by atoms with E-state index < -0.39 is 0 Å². The lowest BCUT2D eigenvalue weighted by Crippen LogP contribution is -2.39. The Morgan fingerprint density at radius 2 is 2.53 bits per heavy atom. The number of aromatic nitrogens is 2. The zero-order valence-corrected chi connectivity index (χ0v) is 10.5. The second-order valence-electron chi connectivity index (χ2n) is 4.51. The van der Waals surface area contributed by atoms with E-state index in [1.54, 1.807) is 7.11 Å². The van der Waals surface area contributed by atoms with Gasteiger partial charge < -0.3 is 15.4 Å². The first kappa shape index (κ1) is 12.4. The number of hydrogen-bond donors (Lipinski definition) is 2. The van der Waals surface area contributed by atoms with Gasteiger partial charge in [0.15, 0.2) is 0 Å². The molecule has 1 atom stereocenters. The first-order valence-corrected chi connectivity index (χ1v) is 6.37. The number of rotatable bonds is 6. The molecule has 1 aliphatic rings. The van der Waals surface area contributed by atoms with Crippen molar-refractivity contribution in [3.05, 3.63) is 12.4 Å². The normalized spacial score (nSPS) is 20.4. The fourth-order valence-electron chi connectivity index (χ4n) is 2.10. The van der Waals surface area contributed by atoms with Crippen molar-refractivity contribution < 1.29 is 4.74 Å². The van der Waals surface area contributed by atoms with E-state index in [9.17, 15) is 0 Å². The molecule has 1 unspecified atom stereocenters. The minimum absolute atomic E-state index is 0.603. The molecule has 0 aromatic carbocycles. The van der Waals surface area contributed by atoms with Crippen molar-refractivity contribution in [2.24, 2.45) is 0 Å². The second-order valence-corrected chi connectivity index (χ2v) is 4.51. The quantitative estimate of drug-likeness (QED) is 0.779. The largest absolute Gasteiger partial charge is 0.383 e. The van der Waals surface area contributed by atoms with Crippen molar-refractivity contribution in [3.8, 4) is 0 Å². The van der Waals surface area contributed by atoms with Gasteiger partial charge >= 0.3 is 0 Å². The van der Waals surface area contributed by atoms with Gasteiger partial charge in [-0.1, -0.05) is 6.42 Å². The standard InChI is InChI=1S/C12H22N4O/c1-17-7-6-16-10-12(9-15-16)14-8-11-4-2-3-5-13-11/h9-11,13-14H,2-8H2,1H3. The molecular weight excluding hydrogens is 216 g/mol. The molecule has 1 aromatic heterocycles. The minimum Gasteiger partial charge on any atom is -0.383 e.